The van der Waals surface area contributed by atoms with Crippen molar-refractivity contribution in [1.29, 1.82) is 0 Å². The molecule has 2 heterocycles. The third kappa shape index (κ3) is 2.21. The zero-order chi connectivity index (χ0) is 14.2. The van der Waals surface area contributed by atoms with E-state index in [-0.39, 0.29) is 0 Å². The number of carbonyl (C=O) groups is 1. The van der Waals surface area contributed by atoms with Gasteiger partial charge >= 0.3 is 5.97 Å². The Morgan fingerprint density at radius 3 is 2.90 bits per heavy atom. The second-order valence-corrected chi connectivity index (χ2v) is 5.64. The zero-order valence-corrected chi connectivity index (χ0v) is 11.4. The van der Waals surface area contributed by atoms with Crippen LogP contribution in [0.4, 0.5) is 5.82 Å². The van der Waals surface area contributed by atoms with Crippen molar-refractivity contribution in [3.63, 3.8) is 0 Å². The molecular formula is C14H18N4O2. The molecule has 2 N–H and O–H groups in total. The lowest BCUT2D eigenvalue weighted by Crippen LogP contribution is -2.49. The van der Waals surface area contributed by atoms with Crippen molar-refractivity contribution in [2.45, 2.75) is 38.1 Å². The SMILES string of the molecule is CC1CCC(Nc2ccn3nccc3n2)(C(=O)O)CC1. The summed E-state index contributed by atoms with van der Waals surface area (Å²) in [6.07, 6.45) is 6.57. The van der Waals surface area contributed by atoms with Crippen LogP contribution >= 0.6 is 0 Å². The molecular weight excluding hydrogens is 256 g/mol. The average Bonchev–Trinajstić information content (AvgIpc) is 2.89. The predicted molar refractivity (Wildman–Crippen MR) is 74.6 cm³/mol. The lowest BCUT2D eigenvalue weighted by atomic mass is 9.77. The van der Waals surface area contributed by atoms with Gasteiger partial charge in [-0.15, -0.1) is 0 Å². The van der Waals surface area contributed by atoms with Gasteiger partial charge in [-0.1, -0.05) is 6.92 Å². The van der Waals surface area contributed by atoms with Gasteiger partial charge in [-0.25, -0.2) is 14.3 Å². The molecule has 2 aromatic heterocycles. The molecule has 3 rings (SSSR count). The summed E-state index contributed by atoms with van der Waals surface area (Å²) in [6.45, 7) is 2.17. The van der Waals surface area contributed by atoms with Crippen molar-refractivity contribution in [1.82, 2.24) is 14.6 Å². The van der Waals surface area contributed by atoms with E-state index >= 15 is 0 Å². The molecule has 0 bridgehead atoms. The number of hydrogen-bond donors (Lipinski definition) is 2. The Hall–Kier alpha value is -2.11. The summed E-state index contributed by atoms with van der Waals surface area (Å²) in [4.78, 5) is 16.1. The molecule has 1 aliphatic rings. The van der Waals surface area contributed by atoms with Gasteiger partial charge in [-0.05, 0) is 37.7 Å². The quantitative estimate of drug-likeness (QED) is 0.896. The van der Waals surface area contributed by atoms with Crippen LogP contribution in [0.15, 0.2) is 24.5 Å². The molecule has 0 aliphatic heterocycles. The van der Waals surface area contributed by atoms with E-state index in [1.54, 1.807) is 29.0 Å². The maximum Gasteiger partial charge on any atom is 0.329 e. The highest BCUT2D eigenvalue weighted by Crippen LogP contribution is 2.34. The van der Waals surface area contributed by atoms with Crippen molar-refractivity contribution in [3.05, 3.63) is 24.5 Å². The summed E-state index contributed by atoms with van der Waals surface area (Å²) in [7, 11) is 0. The molecule has 0 spiro atoms. The highest BCUT2D eigenvalue weighted by Gasteiger charge is 2.41. The van der Waals surface area contributed by atoms with Crippen molar-refractivity contribution in [3.8, 4) is 0 Å². The number of nitrogens with zero attached hydrogens (tertiary/aromatic N) is 3. The second kappa shape index (κ2) is 4.77. The predicted octanol–water partition coefficient (Wildman–Crippen LogP) is 2.17. The maximum atomic E-state index is 11.7. The van der Waals surface area contributed by atoms with Crippen LogP contribution in [0.3, 0.4) is 0 Å². The fraction of sp³-hybridized carbons (Fsp3) is 0.500. The topological polar surface area (TPSA) is 79.5 Å². The van der Waals surface area contributed by atoms with Crippen molar-refractivity contribution in [2.24, 2.45) is 5.92 Å². The van der Waals surface area contributed by atoms with Gasteiger partial charge in [0, 0.05) is 12.3 Å². The number of hydrogen-bond acceptors (Lipinski definition) is 4. The van der Waals surface area contributed by atoms with Gasteiger partial charge in [-0.3, -0.25) is 0 Å². The second-order valence-electron chi connectivity index (χ2n) is 5.64. The molecule has 1 aliphatic carbocycles. The Kier molecular flexibility index (Phi) is 3.08. The van der Waals surface area contributed by atoms with Crippen LogP contribution in [0.1, 0.15) is 32.6 Å². The number of rotatable bonds is 3. The fourth-order valence-corrected chi connectivity index (χ4v) is 2.77. The number of aromatic nitrogens is 3. The molecule has 0 aromatic carbocycles. The molecule has 0 amide bonds. The first-order chi connectivity index (χ1) is 9.59. The fourth-order valence-electron chi connectivity index (χ4n) is 2.77. The van der Waals surface area contributed by atoms with E-state index in [0.717, 1.165) is 12.8 Å². The zero-order valence-electron chi connectivity index (χ0n) is 11.4. The van der Waals surface area contributed by atoms with Gasteiger partial charge < -0.3 is 10.4 Å². The van der Waals surface area contributed by atoms with Gasteiger partial charge in [0.2, 0.25) is 0 Å². The lowest BCUT2D eigenvalue weighted by molar-refractivity contribution is -0.143. The summed E-state index contributed by atoms with van der Waals surface area (Å²) in [5.74, 6) is 0.393. The van der Waals surface area contributed by atoms with Crippen LogP contribution in [0.25, 0.3) is 5.65 Å². The maximum absolute atomic E-state index is 11.7. The number of carboxylic acid groups (broad SMARTS) is 1. The summed E-state index contributed by atoms with van der Waals surface area (Å²) < 4.78 is 1.65. The number of nitrogens with one attached hydrogen (secondary N) is 1. The Labute approximate surface area is 116 Å². The summed E-state index contributed by atoms with van der Waals surface area (Å²) in [6, 6.07) is 3.56. The monoisotopic (exact) mass is 274 g/mol. The molecule has 1 fully saturated rings. The summed E-state index contributed by atoms with van der Waals surface area (Å²) in [5.41, 5.74) is -0.183. The minimum atomic E-state index is -0.891. The summed E-state index contributed by atoms with van der Waals surface area (Å²) in [5, 5.41) is 16.8. The molecule has 106 valence electrons. The van der Waals surface area contributed by atoms with E-state index in [2.05, 4.69) is 22.3 Å². The van der Waals surface area contributed by atoms with E-state index in [1.807, 2.05) is 0 Å². The highest BCUT2D eigenvalue weighted by molar-refractivity contribution is 5.82. The van der Waals surface area contributed by atoms with Gasteiger partial charge in [0.15, 0.2) is 5.65 Å². The van der Waals surface area contributed by atoms with Crippen molar-refractivity contribution in [2.75, 3.05) is 5.32 Å². The normalized spacial score (nSPS) is 26.6. The standard InChI is InChI=1S/C14H18N4O2/c1-10-2-6-14(7-3-10,13(19)20)17-11-5-9-18-12(16-11)4-8-15-18/h4-5,8-10H,2-3,6-7H2,1H3,(H,16,17)(H,19,20). The molecule has 0 saturated heterocycles. The molecule has 0 atom stereocenters. The lowest BCUT2D eigenvalue weighted by Gasteiger charge is -2.36. The first kappa shape index (κ1) is 12.9. The van der Waals surface area contributed by atoms with E-state index < -0.39 is 11.5 Å². The number of aliphatic carboxylic acids is 1. The van der Waals surface area contributed by atoms with E-state index in [1.165, 1.54) is 0 Å². The van der Waals surface area contributed by atoms with Gasteiger partial charge in [-0.2, -0.15) is 5.10 Å². The van der Waals surface area contributed by atoms with Gasteiger partial charge in [0.1, 0.15) is 11.4 Å². The molecule has 6 heteroatoms. The van der Waals surface area contributed by atoms with Crippen molar-refractivity contribution < 1.29 is 9.90 Å². The van der Waals surface area contributed by atoms with Crippen LogP contribution in [0, 0.1) is 5.92 Å². The number of carboxylic acids is 1. The molecule has 6 nitrogen and oxygen atoms in total. The Bertz CT molecular complexity index is 629. The number of fused-ring (bicyclic) bond motifs is 1. The minimum Gasteiger partial charge on any atom is -0.480 e. The number of anilines is 1. The summed E-state index contributed by atoms with van der Waals surface area (Å²) >= 11 is 0. The van der Waals surface area contributed by atoms with Crippen LogP contribution in [-0.4, -0.2) is 31.2 Å². The molecule has 1 saturated carbocycles. The molecule has 0 unspecified atom stereocenters. The van der Waals surface area contributed by atoms with Crippen LogP contribution in [0.2, 0.25) is 0 Å². The molecule has 20 heavy (non-hydrogen) atoms. The average molecular weight is 274 g/mol. The largest absolute Gasteiger partial charge is 0.480 e. The third-order valence-electron chi connectivity index (χ3n) is 4.16. The van der Waals surface area contributed by atoms with Crippen LogP contribution in [0.5, 0.6) is 0 Å². The Morgan fingerprint density at radius 1 is 1.45 bits per heavy atom. The Balaban J connectivity index is 1.87. The van der Waals surface area contributed by atoms with Crippen LogP contribution in [-0.2, 0) is 4.79 Å². The van der Waals surface area contributed by atoms with E-state index in [4.69, 9.17) is 0 Å². The van der Waals surface area contributed by atoms with Gasteiger partial charge in [0.05, 0.1) is 6.20 Å². The highest BCUT2D eigenvalue weighted by atomic mass is 16.4. The van der Waals surface area contributed by atoms with E-state index in [0.29, 0.717) is 30.2 Å². The Morgan fingerprint density at radius 2 is 2.20 bits per heavy atom. The van der Waals surface area contributed by atoms with Crippen molar-refractivity contribution >= 4 is 17.4 Å². The third-order valence-corrected chi connectivity index (χ3v) is 4.16. The first-order valence-corrected chi connectivity index (χ1v) is 6.91. The molecule has 2 aromatic rings. The minimum absolute atomic E-state index is 0.592. The van der Waals surface area contributed by atoms with Crippen LogP contribution < -0.4 is 5.32 Å². The first-order valence-electron chi connectivity index (χ1n) is 6.91. The molecule has 0 radical (unpaired) electrons. The van der Waals surface area contributed by atoms with Gasteiger partial charge in [0.25, 0.3) is 0 Å². The van der Waals surface area contributed by atoms with E-state index in [9.17, 15) is 9.90 Å². The smallest absolute Gasteiger partial charge is 0.329 e.